The summed E-state index contributed by atoms with van der Waals surface area (Å²) in [7, 11) is 0. The van der Waals surface area contributed by atoms with Gasteiger partial charge in [0.1, 0.15) is 0 Å². The fraction of sp³-hybridized carbons (Fsp3) is 1.00. The minimum atomic E-state index is 0.892. The highest BCUT2D eigenvalue weighted by atomic mass is 14.0. The lowest BCUT2D eigenvalue weighted by atomic mass is 10.0. The molecule has 0 aliphatic rings. The molecule has 0 amide bonds. The van der Waals surface area contributed by atoms with E-state index in [2.05, 4.69) is 41.5 Å². The molecule has 0 bridgehead atoms. The molecular formula is C18H40. The molecule has 0 atom stereocenters. The van der Waals surface area contributed by atoms with Gasteiger partial charge in [-0.25, -0.2) is 0 Å². The summed E-state index contributed by atoms with van der Waals surface area (Å²) >= 11 is 0. The molecule has 112 valence electrons. The monoisotopic (exact) mass is 256 g/mol. The SMILES string of the molecule is CC(C)CCCC(C)C.CCCCCCCCC. The Kier molecular flexibility index (Phi) is 19.2. The van der Waals surface area contributed by atoms with Crippen molar-refractivity contribution in [2.75, 3.05) is 0 Å². The van der Waals surface area contributed by atoms with Gasteiger partial charge in [-0.3, -0.25) is 0 Å². The van der Waals surface area contributed by atoms with Gasteiger partial charge in [0.15, 0.2) is 0 Å². The van der Waals surface area contributed by atoms with E-state index in [-0.39, 0.29) is 0 Å². The number of unbranched alkanes of at least 4 members (excludes halogenated alkanes) is 6. The Balaban J connectivity index is 0. The van der Waals surface area contributed by atoms with Crippen molar-refractivity contribution in [2.24, 2.45) is 11.8 Å². The van der Waals surface area contributed by atoms with Crippen molar-refractivity contribution in [2.45, 2.75) is 106 Å². The normalized spacial score (nSPS) is 10.7. The maximum absolute atomic E-state index is 2.29. The summed E-state index contributed by atoms with van der Waals surface area (Å²) in [5, 5.41) is 0. The highest BCUT2D eigenvalue weighted by Crippen LogP contribution is 2.10. The Morgan fingerprint density at radius 3 is 1.11 bits per heavy atom. The third-order valence-corrected chi connectivity index (χ3v) is 3.27. The highest BCUT2D eigenvalue weighted by Gasteiger charge is 1.95. The van der Waals surface area contributed by atoms with E-state index in [0.29, 0.717) is 0 Å². The fourth-order valence-corrected chi connectivity index (χ4v) is 1.96. The first kappa shape index (κ1) is 20.3. The smallest absolute Gasteiger partial charge is 0.0471 e. The summed E-state index contributed by atoms with van der Waals surface area (Å²) in [6.45, 7) is 13.7. The van der Waals surface area contributed by atoms with Crippen molar-refractivity contribution in [1.82, 2.24) is 0 Å². The summed E-state index contributed by atoms with van der Waals surface area (Å²) in [5.74, 6) is 1.78. The predicted molar refractivity (Wildman–Crippen MR) is 87.2 cm³/mol. The molecule has 0 fully saturated rings. The van der Waals surface area contributed by atoms with E-state index in [4.69, 9.17) is 0 Å². The van der Waals surface area contributed by atoms with Crippen molar-refractivity contribution in [1.29, 1.82) is 0 Å². The van der Waals surface area contributed by atoms with Crippen molar-refractivity contribution >= 4 is 0 Å². The minimum Gasteiger partial charge on any atom is -0.0654 e. The molecule has 0 aliphatic heterocycles. The van der Waals surface area contributed by atoms with E-state index in [9.17, 15) is 0 Å². The summed E-state index contributed by atoms with van der Waals surface area (Å²) in [5.41, 5.74) is 0. The molecule has 0 heteroatoms. The van der Waals surface area contributed by atoms with E-state index in [1.807, 2.05) is 0 Å². The van der Waals surface area contributed by atoms with Crippen LogP contribution in [0.25, 0.3) is 0 Å². The van der Waals surface area contributed by atoms with Crippen LogP contribution in [0, 0.1) is 11.8 Å². The van der Waals surface area contributed by atoms with Crippen LogP contribution < -0.4 is 0 Å². The average molecular weight is 257 g/mol. The molecule has 0 nitrogen and oxygen atoms in total. The molecule has 0 aromatic carbocycles. The zero-order chi connectivity index (χ0) is 14.2. The van der Waals surface area contributed by atoms with Crippen molar-refractivity contribution in [3.8, 4) is 0 Å². The zero-order valence-electron chi connectivity index (χ0n) is 14.2. The molecule has 0 aromatic heterocycles. The molecule has 0 N–H and O–H groups in total. The first-order valence-corrected chi connectivity index (χ1v) is 8.54. The topological polar surface area (TPSA) is 0 Å². The van der Waals surface area contributed by atoms with E-state index in [1.54, 1.807) is 0 Å². The van der Waals surface area contributed by atoms with Gasteiger partial charge in [-0.05, 0) is 11.8 Å². The lowest BCUT2D eigenvalue weighted by Crippen LogP contribution is -1.90. The quantitative estimate of drug-likeness (QED) is 0.362. The van der Waals surface area contributed by atoms with Crippen LogP contribution in [0.3, 0.4) is 0 Å². The molecule has 18 heavy (non-hydrogen) atoms. The summed E-state index contributed by atoms with van der Waals surface area (Å²) in [4.78, 5) is 0. The second-order valence-electron chi connectivity index (χ2n) is 6.49. The largest absolute Gasteiger partial charge is 0.0654 e. The van der Waals surface area contributed by atoms with Crippen LogP contribution in [-0.2, 0) is 0 Å². The zero-order valence-corrected chi connectivity index (χ0v) is 14.2. The lowest BCUT2D eigenvalue weighted by Gasteiger charge is -2.05. The van der Waals surface area contributed by atoms with Gasteiger partial charge in [-0.15, -0.1) is 0 Å². The second kappa shape index (κ2) is 17.0. The summed E-state index contributed by atoms with van der Waals surface area (Å²) in [6.07, 6.45) is 14.2. The predicted octanol–water partition coefficient (Wildman–Crippen LogP) is 7.23. The molecule has 0 saturated carbocycles. The number of hydrogen-bond acceptors (Lipinski definition) is 0. The molecule has 0 unspecified atom stereocenters. The van der Waals surface area contributed by atoms with Crippen LogP contribution in [-0.4, -0.2) is 0 Å². The van der Waals surface area contributed by atoms with Gasteiger partial charge < -0.3 is 0 Å². The summed E-state index contributed by atoms with van der Waals surface area (Å²) < 4.78 is 0. The third-order valence-electron chi connectivity index (χ3n) is 3.27. The van der Waals surface area contributed by atoms with Gasteiger partial charge in [-0.2, -0.15) is 0 Å². The molecule has 0 aromatic rings. The minimum absolute atomic E-state index is 0.892. The van der Waals surface area contributed by atoms with Crippen LogP contribution in [0.15, 0.2) is 0 Å². The van der Waals surface area contributed by atoms with E-state index < -0.39 is 0 Å². The van der Waals surface area contributed by atoms with Crippen molar-refractivity contribution in [3.63, 3.8) is 0 Å². The molecule has 0 saturated heterocycles. The Hall–Kier alpha value is 0. The van der Waals surface area contributed by atoms with E-state index in [0.717, 1.165) is 11.8 Å². The van der Waals surface area contributed by atoms with Gasteiger partial charge in [0.25, 0.3) is 0 Å². The maximum Gasteiger partial charge on any atom is -0.0471 e. The van der Waals surface area contributed by atoms with Gasteiger partial charge >= 0.3 is 0 Å². The van der Waals surface area contributed by atoms with Gasteiger partial charge in [0.2, 0.25) is 0 Å². The average Bonchev–Trinajstić information content (AvgIpc) is 2.29. The number of hydrogen-bond donors (Lipinski definition) is 0. The Labute approximate surface area is 118 Å². The molecule has 0 spiro atoms. The van der Waals surface area contributed by atoms with Gasteiger partial charge in [0, 0.05) is 0 Å². The number of rotatable bonds is 10. The van der Waals surface area contributed by atoms with Gasteiger partial charge in [-0.1, -0.05) is 106 Å². The fourth-order valence-electron chi connectivity index (χ4n) is 1.96. The van der Waals surface area contributed by atoms with Crippen molar-refractivity contribution < 1.29 is 0 Å². The van der Waals surface area contributed by atoms with Crippen molar-refractivity contribution in [3.05, 3.63) is 0 Å². The van der Waals surface area contributed by atoms with Gasteiger partial charge in [0.05, 0.1) is 0 Å². The Morgan fingerprint density at radius 1 is 0.500 bits per heavy atom. The molecule has 0 heterocycles. The molecule has 0 aliphatic carbocycles. The second-order valence-corrected chi connectivity index (χ2v) is 6.49. The van der Waals surface area contributed by atoms with Crippen LogP contribution in [0.2, 0.25) is 0 Å². The highest BCUT2D eigenvalue weighted by molar-refractivity contribution is 4.49. The van der Waals surface area contributed by atoms with Crippen LogP contribution in [0.1, 0.15) is 106 Å². The Morgan fingerprint density at radius 2 is 0.833 bits per heavy atom. The maximum atomic E-state index is 2.29. The molecule has 0 rings (SSSR count). The standard InChI is InChI=1S/2C9H20/c1-8(2)6-5-7-9(3)4;1-3-5-7-9-8-6-4-2/h8-9H,5-7H2,1-4H3;3-9H2,1-2H3. The first-order valence-electron chi connectivity index (χ1n) is 8.54. The van der Waals surface area contributed by atoms with E-state index in [1.165, 1.54) is 64.2 Å². The summed E-state index contributed by atoms with van der Waals surface area (Å²) in [6, 6.07) is 0. The van der Waals surface area contributed by atoms with Crippen LogP contribution >= 0.6 is 0 Å². The molecule has 0 radical (unpaired) electrons. The van der Waals surface area contributed by atoms with E-state index >= 15 is 0 Å². The van der Waals surface area contributed by atoms with Crippen LogP contribution in [0.4, 0.5) is 0 Å². The third kappa shape index (κ3) is 25.0. The molecular weight excluding hydrogens is 216 g/mol. The first-order chi connectivity index (χ1) is 8.54. The van der Waals surface area contributed by atoms with Crippen LogP contribution in [0.5, 0.6) is 0 Å². The lowest BCUT2D eigenvalue weighted by molar-refractivity contribution is 0.480. The Bertz CT molecular complexity index is 110.